The third kappa shape index (κ3) is 5.30. The Bertz CT molecular complexity index is 853. The molecular formula is C20H30N6O. The molecule has 0 bridgehead atoms. The largest absolute Gasteiger partial charge is 0.487 e. The first-order chi connectivity index (χ1) is 13.0. The van der Waals surface area contributed by atoms with E-state index < -0.39 is 0 Å². The summed E-state index contributed by atoms with van der Waals surface area (Å²) in [6.07, 6.45) is 2.01. The van der Waals surface area contributed by atoms with Crippen molar-refractivity contribution >= 4 is 10.9 Å². The molecule has 0 aliphatic rings. The van der Waals surface area contributed by atoms with Gasteiger partial charge in [-0.25, -0.2) is 0 Å². The van der Waals surface area contributed by atoms with Crippen molar-refractivity contribution in [3.05, 3.63) is 41.9 Å². The first-order valence-corrected chi connectivity index (χ1v) is 9.50. The van der Waals surface area contributed by atoms with Crippen LogP contribution in [0.2, 0.25) is 0 Å². The summed E-state index contributed by atoms with van der Waals surface area (Å²) in [5, 5.41) is 16.4. The van der Waals surface area contributed by atoms with Gasteiger partial charge in [0.2, 0.25) is 0 Å². The molecule has 0 spiro atoms. The maximum Gasteiger partial charge on any atom is 0.132 e. The summed E-state index contributed by atoms with van der Waals surface area (Å²) in [5.74, 6) is 1.41. The smallest absolute Gasteiger partial charge is 0.132 e. The summed E-state index contributed by atoms with van der Waals surface area (Å²) in [5.41, 5.74) is 3.01. The second-order valence-electron chi connectivity index (χ2n) is 7.43. The van der Waals surface area contributed by atoms with Crippen molar-refractivity contribution in [2.24, 2.45) is 5.92 Å². The number of rotatable bonds is 10. The van der Waals surface area contributed by atoms with Crippen molar-refractivity contribution in [1.82, 2.24) is 30.2 Å². The lowest BCUT2D eigenvalue weighted by Gasteiger charge is -2.14. The van der Waals surface area contributed by atoms with Crippen molar-refractivity contribution in [3.8, 4) is 5.75 Å². The molecule has 1 aromatic carbocycles. The summed E-state index contributed by atoms with van der Waals surface area (Å²) in [4.78, 5) is 2.25. The number of aromatic nitrogens is 4. The summed E-state index contributed by atoms with van der Waals surface area (Å²) in [6, 6.07) is 8.07. The van der Waals surface area contributed by atoms with Crippen LogP contribution in [-0.4, -0.2) is 52.1 Å². The van der Waals surface area contributed by atoms with Crippen molar-refractivity contribution in [1.29, 1.82) is 0 Å². The average Bonchev–Trinajstić information content (AvgIpc) is 3.24. The van der Waals surface area contributed by atoms with Gasteiger partial charge in [-0.05, 0) is 44.3 Å². The molecule has 3 aromatic rings. The van der Waals surface area contributed by atoms with Gasteiger partial charge in [0.15, 0.2) is 0 Å². The average molecular weight is 371 g/mol. The van der Waals surface area contributed by atoms with Gasteiger partial charge in [0.1, 0.15) is 12.4 Å². The van der Waals surface area contributed by atoms with Gasteiger partial charge < -0.3 is 10.1 Å². The monoisotopic (exact) mass is 370 g/mol. The number of fused-ring (bicyclic) bond motifs is 1. The number of aromatic amines is 1. The zero-order chi connectivity index (χ0) is 19.2. The standard InChI is InChI=1S/C20H30N6O/c1-15(2)12-26-9-7-16(24-26)14-27-17-5-6-19-18(11-17)20(23-22-19)13-25(4)10-8-21-3/h5-7,9,11,15,21H,8,10,12-14H2,1-4H3,(H,22,23). The first kappa shape index (κ1) is 19.4. The van der Waals surface area contributed by atoms with Gasteiger partial charge in [-0.15, -0.1) is 0 Å². The van der Waals surface area contributed by atoms with Crippen LogP contribution in [0.1, 0.15) is 25.2 Å². The number of nitrogens with zero attached hydrogens (tertiary/aromatic N) is 4. The summed E-state index contributed by atoms with van der Waals surface area (Å²) in [7, 11) is 4.07. The summed E-state index contributed by atoms with van der Waals surface area (Å²) in [6.45, 7) is 8.48. The SMILES string of the molecule is CNCCN(C)Cc1n[nH]c2ccc(OCc3ccn(CC(C)C)n3)cc12. The van der Waals surface area contributed by atoms with Crippen molar-refractivity contribution in [2.75, 3.05) is 27.2 Å². The highest BCUT2D eigenvalue weighted by atomic mass is 16.5. The minimum atomic E-state index is 0.464. The Balaban J connectivity index is 1.65. The van der Waals surface area contributed by atoms with Crippen LogP contribution in [0.25, 0.3) is 10.9 Å². The maximum atomic E-state index is 5.97. The van der Waals surface area contributed by atoms with Crippen LogP contribution in [-0.2, 0) is 19.7 Å². The van der Waals surface area contributed by atoms with Crippen LogP contribution in [0.15, 0.2) is 30.5 Å². The molecule has 3 rings (SSSR count). The predicted molar refractivity (Wildman–Crippen MR) is 108 cm³/mol. The molecule has 0 amide bonds. The molecule has 7 nitrogen and oxygen atoms in total. The van der Waals surface area contributed by atoms with E-state index in [4.69, 9.17) is 4.74 Å². The topological polar surface area (TPSA) is 71.0 Å². The zero-order valence-electron chi connectivity index (χ0n) is 16.7. The quantitative estimate of drug-likeness (QED) is 0.574. The van der Waals surface area contributed by atoms with Crippen LogP contribution in [0, 0.1) is 5.92 Å². The van der Waals surface area contributed by atoms with E-state index >= 15 is 0 Å². The third-order valence-electron chi connectivity index (χ3n) is 4.41. The number of hydrogen-bond acceptors (Lipinski definition) is 5. The van der Waals surface area contributed by atoms with E-state index in [9.17, 15) is 0 Å². The van der Waals surface area contributed by atoms with Gasteiger partial charge in [0.05, 0.1) is 16.9 Å². The number of hydrogen-bond donors (Lipinski definition) is 2. The number of H-pyrrole nitrogens is 1. The lowest BCUT2D eigenvalue weighted by Crippen LogP contribution is -2.27. The third-order valence-corrected chi connectivity index (χ3v) is 4.41. The fourth-order valence-corrected chi connectivity index (χ4v) is 3.01. The fraction of sp³-hybridized carbons (Fsp3) is 0.500. The Morgan fingerprint density at radius 2 is 2.15 bits per heavy atom. The van der Waals surface area contributed by atoms with Crippen LogP contribution >= 0.6 is 0 Å². The van der Waals surface area contributed by atoms with E-state index in [-0.39, 0.29) is 0 Å². The van der Waals surface area contributed by atoms with Gasteiger partial charge in [-0.1, -0.05) is 13.8 Å². The van der Waals surface area contributed by atoms with Crippen LogP contribution < -0.4 is 10.1 Å². The maximum absolute atomic E-state index is 5.97. The molecule has 0 saturated heterocycles. The highest BCUT2D eigenvalue weighted by molar-refractivity contribution is 5.82. The Morgan fingerprint density at radius 1 is 1.30 bits per heavy atom. The molecule has 2 heterocycles. The summed E-state index contributed by atoms with van der Waals surface area (Å²) < 4.78 is 7.95. The minimum absolute atomic E-state index is 0.464. The molecule has 0 saturated carbocycles. The van der Waals surface area contributed by atoms with Crippen LogP contribution in [0.4, 0.5) is 0 Å². The van der Waals surface area contributed by atoms with Gasteiger partial charge >= 0.3 is 0 Å². The Morgan fingerprint density at radius 3 is 2.93 bits per heavy atom. The van der Waals surface area contributed by atoms with E-state index in [0.29, 0.717) is 12.5 Å². The van der Waals surface area contributed by atoms with Crippen molar-refractivity contribution in [3.63, 3.8) is 0 Å². The molecule has 0 fully saturated rings. The van der Waals surface area contributed by atoms with Crippen LogP contribution in [0.3, 0.4) is 0 Å². The molecule has 0 unspecified atom stereocenters. The second-order valence-corrected chi connectivity index (χ2v) is 7.43. The van der Waals surface area contributed by atoms with E-state index in [2.05, 4.69) is 52.5 Å². The van der Waals surface area contributed by atoms with Crippen molar-refractivity contribution in [2.45, 2.75) is 33.5 Å². The van der Waals surface area contributed by atoms with E-state index in [0.717, 1.165) is 54.2 Å². The van der Waals surface area contributed by atoms with Gasteiger partial charge in [-0.2, -0.15) is 10.2 Å². The number of benzene rings is 1. The highest BCUT2D eigenvalue weighted by Crippen LogP contribution is 2.23. The molecular weight excluding hydrogens is 340 g/mol. The number of likely N-dealkylation sites (N-methyl/N-ethyl adjacent to an activating group) is 2. The zero-order valence-corrected chi connectivity index (χ0v) is 16.7. The normalized spacial score (nSPS) is 11.8. The molecule has 0 atom stereocenters. The molecule has 2 aromatic heterocycles. The lowest BCUT2D eigenvalue weighted by molar-refractivity contribution is 0.299. The van der Waals surface area contributed by atoms with Crippen molar-refractivity contribution < 1.29 is 4.74 Å². The van der Waals surface area contributed by atoms with E-state index in [1.54, 1.807) is 0 Å². The molecule has 27 heavy (non-hydrogen) atoms. The van der Waals surface area contributed by atoms with E-state index in [1.165, 1.54) is 0 Å². The first-order valence-electron chi connectivity index (χ1n) is 9.50. The Kier molecular flexibility index (Phi) is 6.47. The Labute approximate surface area is 160 Å². The Hall–Kier alpha value is -2.38. The predicted octanol–water partition coefficient (Wildman–Crippen LogP) is 2.65. The molecule has 0 radical (unpaired) electrons. The minimum Gasteiger partial charge on any atom is -0.487 e. The summed E-state index contributed by atoms with van der Waals surface area (Å²) >= 11 is 0. The number of nitrogens with one attached hydrogen (secondary N) is 2. The molecule has 7 heteroatoms. The molecule has 0 aliphatic heterocycles. The van der Waals surface area contributed by atoms with Crippen LogP contribution in [0.5, 0.6) is 5.75 Å². The molecule has 2 N–H and O–H groups in total. The highest BCUT2D eigenvalue weighted by Gasteiger charge is 2.10. The molecule has 0 aliphatic carbocycles. The van der Waals surface area contributed by atoms with Gasteiger partial charge in [0, 0.05) is 37.8 Å². The van der Waals surface area contributed by atoms with Gasteiger partial charge in [0.25, 0.3) is 0 Å². The lowest BCUT2D eigenvalue weighted by atomic mass is 10.2. The molecule has 146 valence electrons. The second kappa shape index (κ2) is 9.01. The fourth-order valence-electron chi connectivity index (χ4n) is 3.01. The van der Waals surface area contributed by atoms with E-state index in [1.807, 2.05) is 36.1 Å². The van der Waals surface area contributed by atoms with Gasteiger partial charge in [-0.3, -0.25) is 14.7 Å². The number of ether oxygens (including phenoxy) is 1.